The first-order valence-electron chi connectivity index (χ1n) is 12.3. The Balaban J connectivity index is 1.66. The van der Waals surface area contributed by atoms with Crippen molar-refractivity contribution >= 4 is 20.3 Å². The normalized spacial score (nSPS) is 17.4. The zero-order valence-electron chi connectivity index (χ0n) is 21.8. The minimum Gasteiger partial charge on any atom is -0.549 e. The molecule has 3 rings (SSSR count). The highest BCUT2D eigenvalue weighted by atomic mass is 28.4. The van der Waals surface area contributed by atoms with Crippen LogP contribution in [0.2, 0.25) is 18.1 Å². The standard InChI is InChI=1S/C29H37NO5Si/c1-29(2,3)36(4,5)34-20-19-26(35-25-15-10-7-11-16-25)17-12-18-27(31)30-24(22-33-28(30)32)21-23-13-8-6-9-14-23/h6-16,18-20,24,26H,17,21-22H2,1-5H3/b18-12+,20-19-/t24-,26-/m0/s1. The summed E-state index contributed by atoms with van der Waals surface area (Å²) < 4.78 is 17.5. The Labute approximate surface area is 215 Å². The van der Waals surface area contributed by atoms with Gasteiger partial charge in [0.2, 0.25) is 8.32 Å². The van der Waals surface area contributed by atoms with Crippen molar-refractivity contribution in [3.8, 4) is 5.75 Å². The van der Waals surface area contributed by atoms with Gasteiger partial charge in [-0.3, -0.25) is 4.79 Å². The Kier molecular flexibility index (Phi) is 9.15. The molecule has 0 spiro atoms. The van der Waals surface area contributed by atoms with Crippen LogP contribution in [0.1, 0.15) is 32.8 Å². The van der Waals surface area contributed by atoms with E-state index < -0.39 is 20.3 Å². The van der Waals surface area contributed by atoms with Crippen molar-refractivity contribution in [1.82, 2.24) is 4.90 Å². The Bertz CT molecular complexity index is 1060. The van der Waals surface area contributed by atoms with E-state index in [0.717, 1.165) is 11.3 Å². The fraction of sp³-hybridized carbons (Fsp3) is 0.379. The number of carbonyl (C=O) groups excluding carboxylic acids is 2. The van der Waals surface area contributed by atoms with E-state index in [2.05, 4.69) is 33.9 Å². The van der Waals surface area contributed by atoms with E-state index >= 15 is 0 Å². The van der Waals surface area contributed by atoms with Crippen molar-refractivity contribution in [3.63, 3.8) is 0 Å². The van der Waals surface area contributed by atoms with Crippen LogP contribution in [0.5, 0.6) is 5.75 Å². The number of benzene rings is 2. The molecule has 1 saturated heterocycles. The molecular formula is C29H37NO5Si. The third-order valence-electron chi connectivity index (χ3n) is 6.63. The number of imide groups is 1. The van der Waals surface area contributed by atoms with E-state index in [9.17, 15) is 9.59 Å². The number of hydrogen-bond donors (Lipinski definition) is 0. The molecule has 2 aromatic carbocycles. The molecule has 0 bridgehead atoms. The van der Waals surface area contributed by atoms with Gasteiger partial charge in [0, 0.05) is 6.42 Å². The van der Waals surface area contributed by atoms with Crippen molar-refractivity contribution in [2.45, 2.75) is 63.9 Å². The summed E-state index contributed by atoms with van der Waals surface area (Å²) in [5.41, 5.74) is 1.05. The van der Waals surface area contributed by atoms with Crippen molar-refractivity contribution in [1.29, 1.82) is 0 Å². The van der Waals surface area contributed by atoms with Crippen molar-refractivity contribution < 1.29 is 23.5 Å². The Hall–Kier alpha value is -3.32. The van der Waals surface area contributed by atoms with Crippen LogP contribution in [0.4, 0.5) is 4.79 Å². The molecule has 192 valence electrons. The van der Waals surface area contributed by atoms with Crippen molar-refractivity contribution in [2.24, 2.45) is 0 Å². The summed E-state index contributed by atoms with van der Waals surface area (Å²) in [7, 11) is -1.95. The smallest absolute Gasteiger partial charge is 0.417 e. The van der Waals surface area contributed by atoms with Gasteiger partial charge in [-0.25, -0.2) is 9.69 Å². The quantitative estimate of drug-likeness (QED) is 0.208. The molecule has 1 aliphatic heterocycles. The summed E-state index contributed by atoms with van der Waals surface area (Å²) in [5.74, 6) is 0.337. The summed E-state index contributed by atoms with van der Waals surface area (Å²) in [4.78, 5) is 26.4. The minimum atomic E-state index is -1.95. The summed E-state index contributed by atoms with van der Waals surface area (Å²) in [6, 6.07) is 19.0. The molecule has 1 fully saturated rings. The zero-order chi connectivity index (χ0) is 26.2. The number of para-hydroxylation sites is 1. The Morgan fingerprint density at radius 3 is 2.39 bits per heavy atom. The van der Waals surface area contributed by atoms with Gasteiger partial charge >= 0.3 is 6.09 Å². The van der Waals surface area contributed by atoms with Crippen LogP contribution in [0.3, 0.4) is 0 Å². The van der Waals surface area contributed by atoms with Crippen LogP contribution < -0.4 is 4.74 Å². The van der Waals surface area contributed by atoms with Gasteiger partial charge in [0.15, 0.2) is 0 Å². The molecule has 0 aliphatic carbocycles. The highest BCUT2D eigenvalue weighted by Crippen LogP contribution is 2.36. The lowest BCUT2D eigenvalue weighted by molar-refractivity contribution is -0.124. The van der Waals surface area contributed by atoms with Crippen LogP contribution in [-0.4, -0.2) is 44.0 Å². The molecule has 7 heteroatoms. The largest absolute Gasteiger partial charge is 0.549 e. The van der Waals surface area contributed by atoms with Gasteiger partial charge in [-0.1, -0.05) is 75.4 Å². The second-order valence-corrected chi connectivity index (χ2v) is 15.2. The van der Waals surface area contributed by atoms with Gasteiger partial charge < -0.3 is 13.9 Å². The minimum absolute atomic E-state index is 0.0834. The third-order valence-corrected chi connectivity index (χ3v) is 11.0. The molecule has 0 N–H and O–H groups in total. The number of cyclic esters (lactones) is 1. The predicted molar refractivity (Wildman–Crippen MR) is 144 cm³/mol. The molecular weight excluding hydrogens is 470 g/mol. The number of amides is 2. The Morgan fingerprint density at radius 2 is 1.75 bits per heavy atom. The first-order chi connectivity index (χ1) is 17.1. The first kappa shape index (κ1) is 27.3. The second kappa shape index (κ2) is 12.1. The van der Waals surface area contributed by atoms with Gasteiger partial charge in [-0.05, 0) is 54.4 Å². The lowest BCUT2D eigenvalue weighted by Crippen LogP contribution is -2.39. The number of hydrogen-bond acceptors (Lipinski definition) is 5. The maximum atomic E-state index is 12.9. The molecule has 0 unspecified atom stereocenters. The SMILES string of the molecule is CC(C)(C)[Si](C)(C)O/C=C\[C@H](C/C=C/C(=O)N1C(=O)OC[C@@H]1Cc1ccccc1)Oc1ccccc1. The van der Waals surface area contributed by atoms with Gasteiger partial charge in [-0.15, -0.1) is 0 Å². The highest BCUT2D eigenvalue weighted by Gasteiger charge is 2.38. The van der Waals surface area contributed by atoms with Gasteiger partial charge in [0.25, 0.3) is 5.91 Å². The first-order valence-corrected chi connectivity index (χ1v) is 15.2. The van der Waals surface area contributed by atoms with E-state index in [4.69, 9.17) is 13.9 Å². The van der Waals surface area contributed by atoms with Crippen molar-refractivity contribution in [3.05, 3.63) is 90.7 Å². The topological polar surface area (TPSA) is 65.1 Å². The molecule has 2 amide bonds. The van der Waals surface area contributed by atoms with Crippen LogP contribution in [0.15, 0.2) is 85.2 Å². The molecule has 36 heavy (non-hydrogen) atoms. The number of ether oxygens (including phenoxy) is 2. The molecule has 1 heterocycles. The van der Waals surface area contributed by atoms with Gasteiger partial charge in [-0.2, -0.15) is 0 Å². The maximum absolute atomic E-state index is 12.9. The van der Waals surface area contributed by atoms with Crippen LogP contribution in [0.25, 0.3) is 0 Å². The van der Waals surface area contributed by atoms with E-state index in [1.54, 1.807) is 12.3 Å². The van der Waals surface area contributed by atoms with E-state index in [-0.39, 0.29) is 23.8 Å². The maximum Gasteiger partial charge on any atom is 0.417 e. The van der Waals surface area contributed by atoms with Gasteiger partial charge in [0.1, 0.15) is 18.5 Å². The molecule has 0 aromatic heterocycles. The molecule has 1 aliphatic rings. The van der Waals surface area contributed by atoms with E-state index in [1.807, 2.05) is 66.7 Å². The Morgan fingerprint density at radius 1 is 1.11 bits per heavy atom. The third kappa shape index (κ3) is 7.59. The summed E-state index contributed by atoms with van der Waals surface area (Å²) >= 11 is 0. The number of carbonyl (C=O) groups is 2. The highest BCUT2D eigenvalue weighted by molar-refractivity contribution is 6.74. The second-order valence-electron chi connectivity index (χ2n) is 10.4. The summed E-state index contributed by atoms with van der Waals surface area (Å²) in [6.45, 7) is 11.1. The van der Waals surface area contributed by atoms with Crippen molar-refractivity contribution in [2.75, 3.05) is 6.61 Å². The predicted octanol–water partition coefficient (Wildman–Crippen LogP) is 6.51. The fourth-order valence-corrected chi connectivity index (χ4v) is 4.24. The molecule has 2 atom stereocenters. The lowest BCUT2D eigenvalue weighted by atomic mass is 10.1. The summed E-state index contributed by atoms with van der Waals surface area (Å²) in [5, 5.41) is 0.0834. The zero-order valence-corrected chi connectivity index (χ0v) is 22.8. The number of nitrogens with zero attached hydrogens (tertiary/aromatic N) is 1. The van der Waals surface area contributed by atoms with E-state index in [1.165, 1.54) is 11.0 Å². The van der Waals surface area contributed by atoms with Crippen LogP contribution in [0, 0.1) is 0 Å². The lowest BCUT2D eigenvalue weighted by Gasteiger charge is -2.35. The van der Waals surface area contributed by atoms with E-state index in [0.29, 0.717) is 12.8 Å². The van der Waals surface area contributed by atoms with Crippen LogP contribution in [-0.2, 0) is 20.4 Å². The fourth-order valence-electron chi connectivity index (χ4n) is 3.46. The molecule has 0 radical (unpaired) electrons. The summed E-state index contributed by atoms with van der Waals surface area (Å²) in [6.07, 6.45) is 6.81. The average Bonchev–Trinajstić information content (AvgIpc) is 3.19. The number of rotatable bonds is 10. The van der Waals surface area contributed by atoms with Crippen LogP contribution >= 0.6 is 0 Å². The molecule has 2 aromatic rings. The average molecular weight is 508 g/mol. The monoisotopic (exact) mass is 507 g/mol. The molecule has 6 nitrogen and oxygen atoms in total. The van der Waals surface area contributed by atoms with Gasteiger partial charge in [0.05, 0.1) is 12.3 Å². The molecule has 0 saturated carbocycles.